The number of hydrogen-bond donors (Lipinski definition) is 0. The highest BCUT2D eigenvalue weighted by Gasteiger charge is 2.25. The first-order chi connectivity index (χ1) is 12.2. The predicted molar refractivity (Wildman–Crippen MR) is 92.4 cm³/mol. The zero-order chi connectivity index (χ0) is 17.2. The molecule has 3 aromatic rings. The molecule has 3 aromatic heterocycles. The van der Waals surface area contributed by atoms with Gasteiger partial charge in [-0.25, -0.2) is 24.0 Å². The number of halogens is 1. The van der Waals surface area contributed by atoms with Gasteiger partial charge in [0.05, 0.1) is 6.20 Å². The molecule has 0 N–H and O–H groups in total. The maximum absolute atomic E-state index is 13.1. The zero-order valence-corrected chi connectivity index (χ0v) is 13.8. The lowest BCUT2D eigenvalue weighted by Crippen LogP contribution is -2.52. The van der Waals surface area contributed by atoms with E-state index in [1.54, 1.807) is 23.3 Å². The minimum Gasteiger partial charge on any atom is -0.353 e. The highest BCUT2D eigenvalue weighted by atomic mass is 19.1. The van der Waals surface area contributed by atoms with E-state index in [0.29, 0.717) is 0 Å². The van der Waals surface area contributed by atoms with Crippen LogP contribution in [0.3, 0.4) is 0 Å². The molecule has 1 atom stereocenters. The average molecular weight is 339 g/mol. The molecule has 0 aromatic carbocycles. The van der Waals surface area contributed by atoms with Crippen LogP contribution in [0, 0.1) is 5.82 Å². The molecule has 4 heterocycles. The average Bonchev–Trinajstić information content (AvgIpc) is 3.17. The van der Waals surface area contributed by atoms with Crippen molar-refractivity contribution in [2.45, 2.75) is 13.0 Å². The lowest BCUT2D eigenvalue weighted by atomic mass is 10.2. The topological polar surface area (TPSA) is 63.0 Å². The third kappa shape index (κ3) is 3.15. The molecule has 0 radical (unpaired) electrons. The van der Waals surface area contributed by atoms with Crippen molar-refractivity contribution in [3.05, 3.63) is 55.0 Å². The smallest absolute Gasteiger partial charge is 0.158 e. The summed E-state index contributed by atoms with van der Waals surface area (Å²) in [5.74, 6) is 2.10. The summed E-state index contributed by atoms with van der Waals surface area (Å²) in [5, 5.41) is 4.21. The van der Waals surface area contributed by atoms with E-state index in [0.717, 1.165) is 37.1 Å². The van der Waals surface area contributed by atoms with E-state index in [9.17, 15) is 4.39 Å². The number of piperazine rings is 1. The monoisotopic (exact) mass is 339 g/mol. The number of nitrogens with zero attached hydrogens (tertiary/aromatic N) is 7. The van der Waals surface area contributed by atoms with Gasteiger partial charge in [0, 0.05) is 44.1 Å². The molecule has 0 amide bonds. The van der Waals surface area contributed by atoms with Gasteiger partial charge >= 0.3 is 0 Å². The van der Waals surface area contributed by atoms with Crippen LogP contribution in [0.5, 0.6) is 0 Å². The molecule has 4 rings (SSSR count). The SMILES string of the molecule is CC1CN(c2cc(-n3cccn3)ncn2)CCN1c1ccc(F)cn1. The number of aromatic nitrogens is 5. The number of hydrogen-bond acceptors (Lipinski definition) is 6. The van der Waals surface area contributed by atoms with Crippen LogP contribution in [-0.4, -0.2) is 50.4 Å². The van der Waals surface area contributed by atoms with Gasteiger partial charge in [0.15, 0.2) is 5.82 Å². The second kappa shape index (κ2) is 6.46. The van der Waals surface area contributed by atoms with E-state index in [1.807, 2.05) is 18.3 Å². The molecule has 8 heteroatoms. The Kier molecular flexibility index (Phi) is 4.01. The van der Waals surface area contributed by atoms with Crippen LogP contribution < -0.4 is 9.80 Å². The Labute approximate surface area is 144 Å². The largest absolute Gasteiger partial charge is 0.353 e. The van der Waals surface area contributed by atoms with Crippen molar-refractivity contribution >= 4 is 11.6 Å². The summed E-state index contributed by atoms with van der Waals surface area (Å²) < 4.78 is 14.8. The molecule has 0 bridgehead atoms. The first-order valence-corrected chi connectivity index (χ1v) is 8.16. The fourth-order valence-corrected chi connectivity index (χ4v) is 3.08. The van der Waals surface area contributed by atoms with Crippen LogP contribution >= 0.6 is 0 Å². The maximum Gasteiger partial charge on any atom is 0.158 e. The summed E-state index contributed by atoms with van der Waals surface area (Å²) >= 11 is 0. The van der Waals surface area contributed by atoms with Crippen LogP contribution in [0.15, 0.2) is 49.2 Å². The summed E-state index contributed by atoms with van der Waals surface area (Å²) in [6.45, 7) is 4.53. The van der Waals surface area contributed by atoms with E-state index >= 15 is 0 Å². The van der Waals surface area contributed by atoms with Gasteiger partial charge in [0.2, 0.25) is 0 Å². The van der Waals surface area contributed by atoms with Gasteiger partial charge < -0.3 is 9.80 Å². The lowest BCUT2D eigenvalue weighted by molar-refractivity contribution is 0.540. The quantitative estimate of drug-likeness (QED) is 0.726. The summed E-state index contributed by atoms with van der Waals surface area (Å²) in [7, 11) is 0. The molecule has 0 aliphatic carbocycles. The van der Waals surface area contributed by atoms with Gasteiger partial charge in [0.1, 0.15) is 23.8 Å². The van der Waals surface area contributed by atoms with Gasteiger partial charge in [-0.15, -0.1) is 0 Å². The predicted octanol–water partition coefficient (Wildman–Crippen LogP) is 1.91. The molecule has 1 unspecified atom stereocenters. The van der Waals surface area contributed by atoms with E-state index in [-0.39, 0.29) is 11.9 Å². The standard InChI is InChI=1S/C17H18FN7/c1-13-11-23(7-8-24(13)15-4-3-14(18)10-19-15)16-9-17(21-12-20-16)25-6-2-5-22-25/h2-6,9-10,12-13H,7-8,11H2,1H3. The van der Waals surface area contributed by atoms with E-state index < -0.39 is 0 Å². The van der Waals surface area contributed by atoms with Gasteiger partial charge in [0.25, 0.3) is 0 Å². The molecule has 0 spiro atoms. The Hall–Kier alpha value is -3.03. The molecule has 1 fully saturated rings. The van der Waals surface area contributed by atoms with Crippen LogP contribution in [0.1, 0.15) is 6.92 Å². The van der Waals surface area contributed by atoms with Crippen LogP contribution in [-0.2, 0) is 0 Å². The number of rotatable bonds is 3. The molecular weight excluding hydrogens is 321 g/mol. The van der Waals surface area contributed by atoms with Crippen molar-refractivity contribution in [1.82, 2.24) is 24.7 Å². The molecule has 1 saturated heterocycles. The molecule has 1 aliphatic rings. The van der Waals surface area contributed by atoms with E-state index in [4.69, 9.17) is 0 Å². The van der Waals surface area contributed by atoms with Crippen molar-refractivity contribution < 1.29 is 4.39 Å². The Morgan fingerprint density at radius 3 is 2.68 bits per heavy atom. The minimum absolute atomic E-state index is 0.231. The van der Waals surface area contributed by atoms with E-state index in [2.05, 4.69) is 36.8 Å². The number of anilines is 2. The van der Waals surface area contributed by atoms with Gasteiger partial charge in [-0.1, -0.05) is 0 Å². The first-order valence-electron chi connectivity index (χ1n) is 8.16. The highest BCUT2D eigenvalue weighted by molar-refractivity contribution is 5.48. The molecule has 1 aliphatic heterocycles. The molecule has 25 heavy (non-hydrogen) atoms. The summed E-state index contributed by atoms with van der Waals surface area (Å²) in [5.41, 5.74) is 0. The van der Waals surface area contributed by atoms with Crippen LogP contribution in [0.4, 0.5) is 16.0 Å². The molecular formula is C17H18FN7. The Balaban J connectivity index is 1.51. The molecule has 0 saturated carbocycles. The lowest BCUT2D eigenvalue weighted by Gasteiger charge is -2.41. The fraction of sp³-hybridized carbons (Fsp3) is 0.294. The minimum atomic E-state index is -0.317. The number of pyridine rings is 1. The van der Waals surface area contributed by atoms with Crippen LogP contribution in [0.25, 0.3) is 5.82 Å². The van der Waals surface area contributed by atoms with Gasteiger partial charge in [-0.2, -0.15) is 5.10 Å². The Bertz CT molecular complexity index is 834. The Morgan fingerprint density at radius 2 is 1.96 bits per heavy atom. The third-order valence-electron chi connectivity index (χ3n) is 4.33. The van der Waals surface area contributed by atoms with Crippen molar-refractivity contribution in [3.8, 4) is 5.82 Å². The second-order valence-corrected chi connectivity index (χ2v) is 6.01. The van der Waals surface area contributed by atoms with Crippen molar-refractivity contribution in [1.29, 1.82) is 0 Å². The molecule has 128 valence electrons. The van der Waals surface area contributed by atoms with Crippen LogP contribution in [0.2, 0.25) is 0 Å². The first kappa shape index (κ1) is 15.5. The summed E-state index contributed by atoms with van der Waals surface area (Å²) in [4.78, 5) is 17.3. The maximum atomic E-state index is 13.1. The Morgan fingerprint density at radius 1 is 1.08 bits per heavy atom. The summed E-state index contributed by atoms with van der Waals surface area (Å²) in [6.07, 6.45) is 6.39. The normalized spacial score (nSPS) is 17.8. The van der Waals surface area contributed by atoms with Crippen molar-refractivity contribution in [2.75, 3.05) is 29.4 Å². The second-order valence-electron chi connectivity index (χ2n) is 6.01. The van der Waals surface area contributed by atoms with Crippen molar-refractivity contribution in [2.24, 2.45) is 0 Å². The third-order valence-corrected chi connectivity index (χ3v) is 4.33. The van der Waals surface area contributed by atoms with Gasteiger partial charge in [-0.3, -0.25) is 0 Å². The highest BCUT2D eigenvalue weighted by Crippen LogP contribution is 2.22. The van der Waals surface area contributed by atoms with Crippen molar-refractivity contribution in [3.63, 3.8) is 0 Å². The molecule has 7 nitrogen and oxygen atoms in total. The zero-order valence-electron chi connectivity index (χ0n) is 13.8. The summed E-state index contributed by atoms with van der Waals surface area (Å²) in [6, 6.07) is 7.20. The van der Waals surface area contributed by atoms with Gasteiger partial charge in [-0.05, 0) is 25.1 Å². The fourth-order valence-electron chi connectivity index (χ4n) is 3.08. The van der Waals surface area contributed by atoms with E-state index in [1.165, 1.54) is 12.3 Å².